The molecule has 0 bridgehead atoms. The zero-order valence-corrected chi connectivity index (χ0v) is 13.6. The minimum Gasteiger partial charge on any atom is -0.320 e. The molecule has 2 rings (SSSR count). The van der Waals surface area contributed by atoms with Crippen LogP contribution >= 0.6 is 27.5 Å². The fourth-order valence-corrected chi connectivity index (χ4v) is 2.85. The van der Waals surface area contributed by atoms with Gasteiger partial charge in [0.15, 0.2) is 0 Å². The molecule has 0 aromatic heterocycles. The van der Waals surface area contributed by atoms with Crippen LogP contribution in [0.2, 0.25) is 5.02 Å². The molecule has 1 nitrogen and oxygen atoms in total. The maximum Gasteiger partial charge on any atom is 0.0557 e. The second-order valence-corrected chi connectivity index (χ2v) is 6.26. The summed E-state index contributed by atoms with van der Waals surface area (Å²) in [6, 6.07) is 10.1. The van der Waals surface area contributed by atoms with Gasteiger partial charge in [0.2, 0.25) is 0 Å². The summed E-state index contributed by atoms with van der Waals surface area (Å²) >= 11 is 9.65. The van der Waals surface area contributed by atoms with E-state index in [0.29, 0.717) is 0 Å². The molecular formula is C16H17BrClN. The minimum absolute atomic E-state index is 0.131. The van der Waals surface area contributed by atoms with Crippen molar-refractivity contribution >= 4 is 27.5 Å². The molecule has 0 aliphatic heterocycles. The second-order valence-electron chi connectivity index (χ2n) is 4.94. The Kier molecular flexibility index (Phi) is 4.34. The Morgan fingerprint density at radius 2 is 1.58 bits per heavy atom. The molecule has 2 aromatic rings. The summed E-state index contributed by atoms with van der Waals surface area (Å²) in [5.41, 5.74) is 12.1. The van der Waals surface area contributed by atoms with E-state index in [9.17, 15) is 0 Å². The monoisotopic (exact) mass is 337 g/mol. The smallest absolute Gasteiger partial charge is 0.0557 e. The Labute approximate surface area is 127 Å². The van der Waals surface area contributed by atoms with Gasteiger partial charge in [0.25, 0.3) is 0 Å². The Balaban J connectivity index is 2.52. The molecule has 1 unspecified atom stereocenters. The van der Waals surface area contributed by atoms with Crippen LogP contribution in [-0.2, 0) is 0 Å². The maximum atomic E-state index is 6.44. The van der Waals surface area contributed by atoms with E-state index in [1.807, 2.05) is 26.0 Å². The third-order valence-electron chi connectivity index (χ3n) is 3.46. The molecule has 100 valence electrons. The van der Waals surface area contributed by atoms with E-state index in [1.54, 1.807) is 0 Å². The van der Waals surface area contributed by atoms with Gasteiger partial charge in [-0.15, -0.1) is 0 Å². The average Bonchev–Trinajstić information content (AvgIpc) is 2.36. The van der Waals surface area contributed by atoms with Crippen LogP contribution in [0, 0.1) is 20.8 Å². The molecular weight excluding hydrogens is 322 g/mol. The topological polar surface area (TPSA) is 26.0 Å². The molecule has 1 atom stereocenters. The van der Waals surface area contributed by atoms with Crippen LogP contribution in [0.25, 0.3) is 0 Å². The standard InChI is InChI=1S/C16H17BrClN/c1-9-4-5-12(17)8-14(9)16(19)13-6-11(3)15(18)7-10(13)2/h4-8,16H,19H2,1-3H3. The second kappa shape index (κ2) is 5.66. The number of nitrogens with two attached hydrogens (primary N) is 1. The SMILES string of the molecule is Cc1cc(C(N)c2cc(Br)ccc2C)c(C)cc1Cl. The normalized spacial score (nSPS) is 12.5. The highest BCUT2D eigenvalue weighted by Crippen LogP contribution is 2.30. The summed E-state index contributed by atoms with van der Waals surface area (Å²) in [5, 5.41) is 0.791. The van der Waals surface area contributed by atoms with Crippen molar-refractivity contribution < 1.29 is 0 Å². The lowest BCUT2D eigenvalue weighted by Gasteiger charge is -2.19. The van der Waals surface area contributed by atoms with Crippen LogP contribution < -0.4 is 5.73 Å². The van der Waals surface area contributed by atoms with Crippen LogP contribution in [0.3, 0.4) is 0 Å². The van der Waals surface area contributed by atoms with Crippen molar-refractivity contribution in [2.75, 3.05) is 0 Å². The van der Waals surface area contributed by atoms with Crippen molar-refractivity contribution in [2.24, 2.45) is 5.73 Å². The maximum absolute atomic E-state index is 6.44. The summed E-state index contributed by atoms with van der Waals surface area (Å²) in [6.45, 7) is 6.14. The number of hydrogen-bond donors (Lipinski definition) is 1. The molecule has 2 aromatic carbocycles. The third kappa shape index (κ3) is 3.02. The fourth-order valence-electron chi connectivity index (χ4n) is 2.25. The van der Waals surface area contributed by atoms with E-state index in [-0.39, 0.29) is 6.04 Å². The highest BCUT2D eigenvalue weighted by atomic mass is 79.9. The first kappa shape index (κ1) is 14.6. The quantitative estimate of drug-likeness (QED) is 0.812. The Morgan fingerprint density at radius 3 is 2.26 bits per heavy atom. The molecule has 3 heteroatoms. The van der Waals surface area contributed by atoms with Crippen LogP contribution in [-0.4, -0.2) is 0 Å². The summed E-state index contributed by atoms with van der Waals surface area (Å²) in [6.07, 6.45) is 0. The summed E-state index contributed by atoms with van der Waals surface area (Å²) in [5.74, 6) is 0. The van der Waals surface area contributed by atoms with Gasteiger partial charge in [-0.25, -0.2) is 0 Å². The lowest BCUT2D eigenvalue weighted by atomic mass is 9.92. The van der Waals surface area contributed by atoms with Gasteiger partial charge in [-0.2, -0.15) is 0 Å². The zero-order valence-electron chi connectivity index (χ0n) is 11.3. The van der Waals surface area contributed by atoms with Crippen molar-refractivity contribution in [3.63, 3.8) is 0 Å². The molecule has 0 amide bonds. The van der Waals surface area contributed by atoms with Gasteiger partial charge < -0.3 is 5.73 Å². The first-order chi connectivity index (χ1) is 8.90. The molecule has 0 fully saturated rings. The van der Waals surface area contributed by atoms with Crippen molar-refractivity contribution in [3.8, 4) is 0 Å². The van der Waals surface area contributed by atoms with E-state index < -0.39 is 0 Å². The van der Waals surface area contributed by atoms with Gasteiger partial charge in [-0.1, -0.05) is 39.7 Å². The summed E-state index contributed by atoms with van der Waals surface area (Å²) in [4.78, 5) is 0. The third-order valence-corrected chi connectivity index (χ3v) is 4.36. The van der Waals surface area contributed by atoms with Gasteiger partial charge in [-0.05, 0) is 66.8 Å². The van der Waals surface area contributed by atoms with Gasteiger partial charge >= 0.3 is 0 Å². The van der Waals surface area contributed by atoms with Gasteiger partial charge in [-0.3, -0.25) is 0 Å². The largest absolute Gasteiger partial charge is 0.320 e. The van der Waals surface area contributed by atoms with E-state index >= 15 is 0 Å². The Morgan fingerprint density at radius 1 is 0.947 bits per heavy atom. The van der Waals surface area contributed by atoms with Crippen LogP contribution in [0.5, 0.6) is 0 Å². The molecule has 0 aliphatic carbocycles. The van der Waals surface area contributed by atoms with Crippen molar-refractivity contribution in [1.82, 2.24) is 0 Å². The fraction of sp³-hybridized carbons (Fsp3) is 0.250. The van der Waals surface area contributed by atoms with Crippen molar-refractivity contribution in [3.05, 3.63) is 67.6 Å². The number of benzene rings is 2. The van der Waals surface area contributed by atoms with Crippen LogP contribution in [0.4, 0.5) is 0 Å². The molecule has 0 aliphatic rings. The molecule has 0 saturated heterocycles. The van der Waals surface area contributed by atoms with E-state index in [1.165, 1.54) is 5.56 Å². The molecule has 0 radical (unpaired) electrons. The number of rotatable bonds is 2. The van der Waals surface area contributed by atoms with Crippen molar-refractivity contribution in [1.29, 1.82) is 0 Å². The predicted octanol–water partition coefficient (Wildman–Crippen LogP) is 5.08. The minimum atomic E-state index is -0.131. The Hall–Kier alpha value is -0.830. The first-order valence-electron chi connectivity index (χ1n) is 6.18. The van der Waals surface area contributed by atoms with E-state index in [0.717, 1.165) is 31.7 Å². The Bertz CT molecular complexity index is 622. The molecule has 0 heterocycles. The van der Waals surface area contributed by atoms with Gasteiger partial charge in [0.1, 0.15) is 0 Å². The van der Waals surface area contributed by atoms with E-state index in [4.69, 9.17) is 17.3 Å². The van der Waals surface area contributed by atoms with Crippen LogP contribution in [0.15, 0.2) is 34.8 Å². The molecule has 19 heavy (non-hydrogen) atoms. The molecule has 2 N–H and O–H groups in total. The lowest BCUT2D eigenvalue weighted by molar-refractivity contribution is 0.850. The predicted molar refractivity (Wildman–Crippen MR) is 85.8 cm³/mol. The van der Waals surface area contributed by atoms with Crippen molar-refractivity contribution in [2.45, 2.75) is 26.8 Å². The van der Waals surface area contributed by atoms with E-state index in [2.05, 4.69) is 41.1 Å². The van der Waals surface area contributed by atoms with Gasteiger partial charge in [0.05, 0.1) is 6.04 Å². The van der Waals surface area contributed by atoms with Crippen LogP contribution in [0.1, 0.15) is 33.9 Å². The highest BCUT2D eigenvalue weighted by molar-refractivity contribution is 9.10. The zero-order chi connectivity index (χ0) is 14.2. The highest BCUT2D eigenvalue weighted by Gasteiger charge is 2.15. The average molecular weight is 339 g/mol. The summed E-state index contributed by atoms with van der Waals surface area (Å²) < 4.78 is 1.05. The summed E-state index contributed by atoms with van der Waals surface area (Å²) in [7, 11) is 0. The number of hydrogen-bond acceptors (Lipinski definition) is 1. The van der Waals surface area contributed by atoms with Gasteiger partial charge in [0, 0.05) is 9.50 Å². The molecule has 0 spiro atoms. The molecule has 0 saturated carbocycles. The number of aryl methyl sites for hydroxylation is 3. The number of halogens is 2. The lowest BCUT2D eigenvalue weighted by Crippen LogP contribution is -2.15. The first-order valence-corrected chi connectivity index (χ1v) is 7.35.